The maximum Gasteiger partial charge on any atom is 0.305 e. The van der Waals surface area contributed by atoms with Gasteiger partial charge in [0.05, 0.1) is 4.92 Å². The summed E-state index contributed by atoms with van der Waals surface area (Å²) in [6, 6.07) is 4.57. The molecule has 0 fully saturated rings. The summed E-state index contributed by atoms with van der Waals surface area (Å²) < 4.78 is 0. The molecule has 0 bridgehead atoms. The predicted molar refractivity (Wildman–Crippen MR) is 72.7 cm³/mol. The molecular weight excluding hydrogens is 244 g/mol. The van der Waals surface area contributed by atoms with Gasteiger partial charge in [-0.05, 0) is 17.4 Å². The molecule has 6 nitrogen and oxygen atoms in total. The molecule has 1 aromatic rings. The van der Waals surface area contributed by atoms with Gasteiger partial charge < -0.3 is 5.32 Å². The Balaban J connectivity index is 2.88. The minimum absolute atomic E-state index is 0.0657. The van der Waals surface area contributed by atoms with Crippen molar-refractivity contribution in [2.24, 2.45) is 11.3 Å². The molecule has 6 heteroatoms. The molecular formula is C13H18N4O2. The molecule has 0 saturated heterocycles. The standard InChI is InChI=1S/C13H18N4O2/c1-9(2)13(3,4)8-15-12-6-5-11(17(18)19)10(7-14)16-12/h5-6,9H,8H2,1-4H3,(H,15,16). The van der Waals surface area contributed by atoms with Crippen LogP contribution in [0.15, 0.2) is 12.1 Å². The lowest BCUT2D eigenvalue weighted by Gasteiger charge is -2.29. The maximum absolute atomic E-state index is 10.7. The summed E-state index contributed by atoms with van der Waals surface area (Å²) in [5.41, 5.74) is -0.371. The Morgan fingerprint density at radius 1 is 1.53 bits per heavy atom. The van der Waals surface area contributed by atoms with Crippen LogP contribution < -0.4 is 5.32 Å². The van der Waals surface area contributed by atoms with Crippen molar-refractivity contribution in [3.63, 3.8) is 0 Å². The number of hydrogen-bond acceptors (Lipinski definition) is 5. The summed E-state index contributed by atoms with van der Waals surface area (Å²) in [5.74, 6) is 0.962. The van der Waals surface area contributed by atoms with Crippen molar-refractivity contribution < 1.29 is 4.92 Å². The zero-order valence-electron chi connectivity index (χ0n) is 11.6. The van der Waals surface area contributed by atoms with Gasteiger partial charge in [0.1, 0.15) is 11.9 Å². The van der Waals surface area contributed by atoms with Crippen molar-refractivity contribution in [2.45, 2.75) is 27.7 Å². The molecule has 0 saturated carbocycles. The molecule has 0 aliphatic heterocycles. The van der Waals surface area contributed by atoms with Gasteiger partial charge in [0, 0.05) is 12.6 Å². The Hall–Kier alpha value is -2.16. The second-order valence-corrected chi connectivity index (χ2v) is 5.43. The van der Waals surface area contributed by atoms with Crippen LogP contribution in [0.4, 0.5) is 11.5 Å². The molecule has 0 amide bonds. The van der Waals surface area contributed by atoms with Crippen LogP contribution in [-0.4, -0.2) is 16.5 Å². The molecule has 0 spiro atoms. The lowest BCUT2D eigenvalue weighted by atomic mass is 9.81. The number of nitro groups is 1. The number of nitriles is 1. The maximum atomic E-state index is 10.7. The van der Waals surface area contributed by atoms with Crippen LogP contribution in [0.5, 0.6) is 0 Å². The third kappa shape index (κ3) is 3.65. The van der Waals surface area contributed by atoms with Crippen LogP contribution in [0, 0.1) is 32.8 Å². The van der Waals surface area contributed by atoms with Crippen molar-refractivity contribution in [3.8, 4) is 6.07 Å². The van der Waals surface area contributed by atoms with Gasteiger partial charge in [-0.25, -0.2) is 4.98 Å². The number of anilines is 1. The molecule has 0 aromatic carbocycles. The SMILES string of the molecule is CC(C)C(C)(C)CNc1ccc([N+](=O)[O-])c(C#N)n1. The highest BCUT2D eigenvalue weighted by molar-refractivity contribution is 5.50. The molecule has 1 N–H and O–H groups in total. The average molecular weight is 262 g/mol. The highest BCUT2D eigenvalue weighted by Gasteiger charge is 2.22. The van der Waals surface area contributed by atoms with Crippen LogP contribution in [0.1, 0.15) is 33.4 Å². The Bertz CT molecular complexity index is 518. The normalized spacial score (nSPS) is 11.2. The van der Waals surface area contributed by atoms with Gasteiger partial charge in [0.15, 0.2) is 0 Å². The van der Waals surface area contributed by atoms with E-state index < -0.39 is 4.92 Å². The van der Waals surface area contributed by atoms with Crippen LogP contribution >= 0.6 is 0 Å². The molecule has 1 aromatic heterocycles. The number of aromatic nitrogens is 1. The zero-order chi connectivity index (χ0) is 14.6. The van der Waals surface area contributed by atoms with Crippen molar-refractivity contribution in [1.82, 2.24) is 4.98 Å². The van der Waals surface area contributed by atoms with Crippen LogP contribution in [-0.2, 0) is 0 Å². The molecule has 0 radical (unpaired) electrons. The largest absolute Gasteiger partial charge is 0.369 e. The number of rotatable bonds is 5. The second kappa shape index (κ2) is 5.65. The van der Waals surface area contributed by atoms with Crippen molar-refractivity contribution in [2.75, 3.05) is 11.9 Å². The number of nitrogens with one attached hydrogen (secondary N) is 1. The van der Waals surface area contributed by atoms with E-state index in [1.54, 1.807) is 6.07 Å². The fourth-order valence-corrected chi connectivity index (χ4v) is 1.30. The second-order valence-electron chi connectivity index (χ2n) is 5.43. The topological polar surface area (TPSA) is 91.9 Å². The summed E-state index contributed by atoms with van der Waals surface area (Å²) in [6.07, 6.45) is 0. The van der Waals surface area contributed by atoms with Gasteiger partial charge in [-0.2, -0.15) is 5.26 Å². The number of hydrogen-bond donors (Lipinski definition) is 1. The molecule has 19 heavy (non-hydrogen) atoms. The van der Waals surface area contributed by atoms with Gasteiger partial charge in [-0.1, -0.05) is 27.7 Å². The summed E-state index contributed by atoms with van der Waals surface area (Å²) in [6.45, 7) is 9.19. The zero-order valence-corrected chi connectivity index (χ0v) is 11.6. The van der Waals surface area contributed by atoms with Gasteiger partial charge in [-0.15, -0.1) is 0 Å². The molecule has 0 aliphatic carbocycles. The molecule has 0 atom stereocenters. The first-order valence-electron chi connectivity index (χ1n) is 6.07. The lowest BCUT2D eigenvalue weighted by molar-refractivity contribution is -0.385. The highest BCUT2D eigenvalue weighted by Crippen LogP contribution is 2.26. The third-order valence-corrected chi connectivity index (χ3v) is 3.46. The molecule has 102 valence electrons. The monoisotopic (exact) mass is 262 g/mol. The molecule has 0 unspecified atom stereocenters. The van der Waals surface area contributed by atoms with E-state index in [-0.39, 0.29) is 16.8 Å². The van der Waals surface area contributed by atoms with Gasteiger partial charge >= 0.3 is 5.69 Å². The van der Waals surface area contributed by atoms with Crippen LogP contribution in [0.2, 0.25) is 0 Å². The quantitative estimate of drug-likeness (QED) is 0.650. The first-order chi connectivity index (χ1) is 8.77. The molecule has 0 aliphatic rings. The van der Waals surface area contributed by atoms with E-state index in [0.29, 0.717) is 18.3 Å². The summed E-state index contributed by atoms with van der Waals surface area (Å²) >= 11 is 0. The van der Waals surface area contributed by atoms with Crippen molar-refractivity contribution in [1.29, 1.82) is 5.26 Å². The number of nitrogens with zero attached hydrogens (tertiary/aromatic N) is 3. The lowest BCUT2D eigenvalue weighted by Crippen LogP contribution is -2.28. The van der Waals surface area contributed by atoms with Gasteiger partial charge in [0.25, 0.3) is 0 Å². The molecule has 1 heterocycles. The van der Waals surface area contributed by atoms with Crippen LogP contribution in [0.25, 0.3) is 0 Å². The van der Waals surface area contributed by atoms with E-state index in [1.165, 1.54) is 12.1 Å². The Kier molecular flexibility index (Phi) is 4.43. The predicted octanol–water partition coefficient (Wildman–Crippen LogP) is 2.96. The van der Waals surface area contributed by atoms with Crippen molar-refractivity contribution in [3.05, 3.63) is 27.9 Å². The van der Waals surface area contributed by atoms with Crippen molar-refractivity contribution >= 4 is 11.5 Å². The minimum Gasteiger partial charge on any atom is -0.369 e. The van der Waals surface area contributed by atoms with E-state index in [0.717, 1.165) is 0 Å². The van der Waals surface area contributed by atoms with E-state index in [4.69, 9.17) is 5.26 Å². The number of pyridine rings is 1. The van der Waals surface area contributed by atoms with Gasteiger partial charge in [-0.3, -0.25) is 10.1 Å². The van der Waals surface area contributed by atoms with Gasteiger partial charge in [0.2, 0.25) is 5.69 Å². The summed E-state index contributed by atoms with van der Waals surface area (Å²) in [5, 5.41) is 22.7. The Morgan fingerprint density at radius 2 is 2.16 bits per heavy atom. The first kappa shape index (κ1) is 14.9. The molecule has 1 rings (SSSR count). The Morgan fingerprint density at radius 3 is 2.63 bits per heavy atom. The van der Waals surface area contributed by atoms with E-state index in [1.807, 2.05) is 0 Å². The fourth-order valence-electron chi connectivity index (χ4n) is 1.30. The van der Waals surface area contributed by atoms with E-state index in [9.17, 15) is 10.1 Å². The smallest absolute Gasteiger partial charge is 0.305 e. The van der Waals surface area contributed by atoms with E-state index in [2.05, 4.69) is 38.0 Å². The average Bonchev–Trinajstić information content (AvgIpc) is 2.35. The summed E-state index contributed by atoms with van der Waals surface area (Å²) in [4.78, 5) is 14.0. The van der Waals surface area contributed by atoms with E-state index >= 15 is 0 Å². The Labute approximate surface area is 112 Å². The highest BCUT2D eigenvalue weighted by atomic mass is 16.6. The fraction of sp³-hybridized carbons (Fsp3) is 0.538. The van der Waals surface area contributed by atoms with Crippen LogP contribution in [0.3, 0.4) is 0 Å². The third-order valence-electron chi connectivity index (χ3n) is 3.46. The first-order valence-corrected chi connectivity index (χ1v) is 6.07. The minimum atomic E-state index is -0.604. The summed E-state index contributed by atoms with van der Waals surface area (Å²) in [7, 11) is 0.